The number of H-pyrrole nitrogens is 1. The molecule has 0 aliphatic heterocycles. The quantitative estimate of drug-likeness (QED) is 0.303. The second-order valence-electron chi connectivity index (χ2n) is 5.87. The Morgan fingerprint density at radius 2 is 1.69 bits per heavy atom. The monoisotopic (exact) mass is 341 g/mol. The van der Waals surface area contributed by atoms with E-state index in [9.17, 15) is 10.1 Å². The minimum absolute atomic E-state index is 0.0520. The van der Waals surface area contributed by atoms with Crippen molar-refractivity contribution >= 4 is 28.5 Å². The van der Waals surface area contributed by atoms with Gasteiger partial charge < -0.3 is 4.98 Å². The van der Waals surface area contributed by atoms with Crippen LogP contribution < -0.4 is 0 Å². The first kappa shape index (κ1) is 15.8. The van der Waals surface area contributed by atoms with Crippen LogP contribution in [-0.4, -0.2) is 16.1 Å². The Bertz CT molecular complexity index is 1110. The fourth-order valence-corrected chi connectivity index (χ4v) is 2.93. The molecule has 0 radical (unpaired) electrons. The maximum Gasteiger partial charge on any atom is 0.270 e. The summed E-state index contributed by atoms with van der Waals surface area (Å²) in [5.41, 5.74) is 4.51. The van der Waals surface area contributed by atoms with Crippen molar-refractivity contribution < 1.29 is 4.92 Å². The van der Waals surface area contributed by atoms with Crippen LogP contribution >= 0.6 is 0 Å². The van der Waals surface area contributed by atoms with Gasteiger partial charge in [-0.3, -0.25) is 15.1 Å². The number of nitrogens with one attached hydrogen (secondary N) is 1. The first-order valence-electron chi connectivity index (χ1n) is 8.17. The normalized spacial score (nSPS) is 11.2. The first-order valence-corrected chi connectivity index (χ1v) is 8.17. The lowest BCUT2D eigenvalue weighted by Gasteiger charge is -2.01. The topological polar surface area (TPSA) is 71.3 Å². The maximum atomic E-state index is 11.0. The largest absolute Gasteiger partial charge is 0.353 e. The lowest BCUT2D eigenvalue weighted by atomic mass is 10.1. The molecule has 0 fully saturated rings. The lowest BCUT2D eigenvalue weighted by molar-refractivity contribution is -0.384. The van der Waals surface area contributed by atoms with Gasteiger partial charge in [0.2, 0.25) is 0 Å². The van der Waals surface area contributed by atoms with Gasteiger partial charge >= 0.3 is 0 Å². The van der Waals surface area contributed by atoms with Crippen LogP contribution in [0.25, 0.3) is 22.2 Å². The van der Waals surface area contributed by atoms with Crippen molar-refractivity contribution in [2.45, 2.75) is 0 Å². The van der Waals surface area contributed by atoms with E-state index >= 15 is 0 Å². The number of aromatic amines is 1. The van der Waals surface area contributed by atoms with Gasteiger partial charge in [-0.1, -0.05) is 60.7 Å². The maximum absolute atomic E-state index is 11.0. The summed E-state index contributed by atoms with van der Waals surface area (Å²) < 4.78 is 0. The molecule has 0 aliphatic rings. The molecule has 3 aromatic carbocycles. The Hall–Kier alpha value is -3.73. The summed E-state index contributed by atoms with van der Waals surface area (Å²) in [6, 6.07) is 24.4. The Balaban J connectivity index is 1.83. The summed E-state index contributed by atoms with van der Waals surface area (Å²) >= 11 is 0. The van der Waals surface area contributed by atoms with E-state index in [0.29, 0.717) is 5.56 Å². The zero-order valence-corrected chi connectivity index (χ0v) is 13.8. The molecule has 0 bridgehead atoms. The number of hydrogen-bond donors (Lipinski definition) is 1. The van der Waals surface area contributed by atoms with E-state index in [1.54, 1.807) is 18.3 Å². The predicted octanol–water partition coefficient (Wildman–Crippen LogP) is 5.49. The highest BCUT2D eigenvalue weighted by Crippen LogP contribution is 2.37. The standard InChI is InChI=1S/C21H15N3O2/c25-24(26)17-10-6-7-15(13-17)14-22-21-18-11-4-5-12-19(18)23-20(21)16-8-2-1-3-9-16/h1-14,23H. The van der Waals surface area contributed by atoms with Crippen molar-refractivity contribution in [3.8, 4) is 11.3 Å². The number of benzene rings is 3. The van der Waals surface area contributed by atoms with Gasteiger partial charge in [-0.2, -0.15) is 0 Å². The molecule has 4 rings (SSSR count). The van der Waals surface area contributed by atoms with Crippen LogP contribution in [0.2, 0.25) is 0 Å². The van der Waals surface area contributed by atoms with Gasteiger partial charge in [0.25, 0.3) is 5.69 Å². The van der Waals surface area contributed by atoms with Crippen molar-refractivity contribution in [2.24, 2.45) is 4.99 Å². The number of nitrogens with zero attached hydrogens (tertiary/aromatic N) is 2. The molecule has 0 saturated heterocycles. The van der Waals surface area contributed by atoms with E-state index < -0.39 is 4.92 Å². The molecule has 0 amide bonds. The molecule has 126 valence electrons. The third-order valence-corrected chi connectivity index (χ3v) is 4.16. The average molecular weight is 341 g/mol. The third-order valence-electron chi connectivity index (χ3n) is 4.16. The fourth-order valence-electron chi connectivity index (χ4n) is 2.93. The van der Waals surface area contributed by atoms with Crippen LogP contribution in [0, 0.1) is 10.1 Å². The molecule has 5 nitrogen and oxygen atoms in total. The van der Waals surface area contributed by atoms with E-state index in [-0.39, 0.29) is 5.69 Å². The molecule has 4 aromatic rings. The zero-order valence-electron chi connectivity index (χ0n) is 13.8. The van der Waals surface area contributed by atoms with Crippen LogP contribution in [0.3, 0.4) is 0 Å². The first-order chi connectivity index (χ1) is 12.7. The number of nitro benzene ring substituents is 1. The number of nitro groups is 1. The highest BCUT2D eigenvalue weighted by molar-refractivity contribution is 6.01. The van der Waals surface area contributed by atoms with E-state index in [0.717, 1.165) is 27.8 Å². The van der Waals surface area contributed by atoms with Crippen LogP contribution in [0.5, 0.6) is 0 Å². The number of rotatable bonds is 4. The fraction of sp³-hybridized carbons (Fsp3) is 0. The average Bonchev–Trinajstić information content (AvgIpc) is 3.06. The van der Waals surface area contributed by atoms with Gasteiger partial charge in [0.05, 0.1) is 16.3 Å². The minimum atomic E-state index is -0.404. The van der Waals surface area contributed by atoms with Crippen molar-refractivity contribution in [1.82, 2.24) is 4.98 Å². The predicted molar refractivity (Wildman–Crippen MR) is 104 cm³/mol. The van der Waals surface area contributed by atoms with Crippen molar-refractivity contribution in [3.05, 3.63) is 94.5 Å². The smallest absolute Gasteiger partial charge is 0.270 e. The number of para-hydroxylation sites is 1. The zero-order chi connectivity index (χ0) is 17.9. The number of aromatic nitrogens is 1. The molecule has 1 N–H and O–H groups in total. The molecule has 0 aliphatic carbocycles. The SMILES string of the molecule is O=[N+]([O-])c1cccc(C=Nc2c(-c3ccccc3)[nH]c3ccccc23)c1. The minimum Gasteiger partial charge on any atom is -0.353 e. The number of fused-ring (bicyclic) bond motifs is 1. The Kier molecular flexibility index (Phi) is 4.03. The van der Waals surface area contributed by atoms with Crippen molar-refractivity contribution in [3.63, 3.8) is 0 Å². The molecule has 0 unspecified atom stereocenters. The van der Waals surface area contributed by atoms with Crippen LogP contribution in [0.1, 0.15) is 5.56 Å². The summed E-state index contributed by atoms with van der Waals surface area (Å²) in [6.07, 6.45) is 1.66. The third kappa shape index (κ3) is 2.98. The lowest BCUT2D eigenvalue weighted by Crippen LogP contribution is -1.89. The Morgan fingerprint density at radius 1 is 0.923 bits per heavy atom. The summed E-state index contributed by atoms with van der Waals surface area (Å²) in [5.74, 6) is 0. The molecule has 1 heterocycles. The molecule has 5 heteroatoms. The van der Waals surface area contributed by atoms with Gasteiger partial charge in [-0.25, -0.2) is 0 Å². The Morgan fingerprint density at radius 3 is 2.50 bits per heavy atom. The van der Waals surface area contributed by atoms with Gasteiger partial charge in [0.15, 0.2) is 0 Å². The van der Waals surface area contributed by atoms with Crippen molar-refractivity contribution in [1.29, 1.82) is 0 Å². The van der Waals surface area contributed by atoms with Gasteiger partial charge in [0.1, 0.15) is 0 Å². The van der Waals surface area contributed by atoms with E-state index in [2.05, 4.69) is 9.98 Å². The van der Waals surface area contributed by atoms with Crippen LogP contribution in [0.15, 0.2) is 83.9 Å². The Labute approximate surface area is 149 Å². The number of hydrogen-bond acceptors (Lipinski definition) is 3. The highest BCUT2D eigenvalue weighted by atomic mass is 16.6. The van der Waals surface area contributed by atoms with Crippen LogP contribution in [0.4, 0.5) is 11.4 Å². The summed E-state index contributed by atoms with van der Waals surface area (Å²) in [5, 5.41) is 12.0. The molecule has 0 spiro atoms. The molecular formula is C21H15N3O2. The summed E-state index contributed by atoms with van der Waals surface area (Å²) in [4.78, 5) is 18.6. The van der Waals surface area contributed by atoms with E-state index in [4.69, 9.17) is 0 Å². The van der Waals surface area contributed by atoms with E-state index in [1.165, 1.54) is 12.1 Å². The second kappa shape index (κ2) is 6.64. The van der Waals surface area contributed by atoms with Crippen LogP contribution in [-0.2, 0) is 0 Å². The molecule has 0 saturated carbocycles. The molecule has 1 aromatic heterocycles. The second-order valence-corrected chi connectivity index (χ2v) is 5.87. The number of non-ortho nitro benzene ring substituents is 1. The van der Waals surface area contributed by atoms with Gasteiger partial charge in [0, 0.05) is 34.8 Å². The number of aliphatic imine (C=N–C) groups is 1. The van der Waals surface area contributed by atoms with Gasteiger partial charge in [-0.15, -0.1) is 0 Å². The highest BCUT2D eigenvalue weighted by Gasteiger charge is 2.12. The van der Waals surface area contributed by atoms with Gasteiger partial charge in [-0.05, 0) is 11.6 Å². The summed E-state index contributed by atoms with van der Waals surface area (Å²) in [6.45, 7) is 0. The van der Waals surface area contributed by atoms with Crippen molar-refractivity contribution in [2.75, 3.05) is 0 Å². The van der Waals surface area contributed by atoms with E-state index in [1.807, 2.05) is 54.6 Å². The summed E-state index contributed by atoms with van der Waals surface area (Å²) in [7, 11) is 0. The molecular weight excluding hydrogens is 326 g/mol. The molecule has 26 heavy (non-hydrogen) atoms. The molecule has 0 atom stereocenters.